The second kappa shape index (κ2) is 21.8. The van der Waals surface area contributed by atoms with Crippen molar-refractivity contribution in [3.63, 3.8) is 0 Å². The van der Waals surface area contributed by atoms with Crippen LogP contribution in [0.25, 0.3) is 0 Å². The van der Waals surface area contributed by atoms with Crippen LogP contribution in [0.2, 0.25) is 20.1 Å². The van der Waals surface area contributed by atoms with Crippen molar-refractivity contribution in [1.82, 2.24) is 0 Å². The van der Waals surface area contributed by atoms with Crippen LogP contribution in [0, 0.1) is 19.8 Å². The second-order valence-corrected chi connectivity index (χ2v) is 15.4. The smallest absolute Gasteiger partial charge is 0.870 e. The zero-order chi connectivity index (χ0) is 44.7. The average Bonchev–Trinajstić information content (AvgIpc) is 3.76. The first-order chi connectivity index (χ1) is 27.9. The molecule has 23 heteroatoms. The first-order valence-corrected chi connectivity index (χ1v) is 18.9. The summed E-state index contributed by atoms with van der Waals surface area (Å²) in [6.45, 7) is 5.81. The Bertz CT molecular complexity index is 2430. The molecule has 0 saturated heterocycles. The number of rotatable bonds is 7. The molecular weight excluding hydrogens is 943 g/mol. The minimum atomic E-state index is -4.98. The largest absolute Gasteiger partial charge is 1.00 e. The summed E-state index contributed by atoms with van der Waals surface area (Å²) in [5, 5.41) is 27.1. The van der Waals surface area contributed by atoms with Gasteiger partial charge in [0.15, 0.2) is 0 Å². The van der Waals surface area contributed by atoms with E-state index in [1.807, 2.05) is 0 Å². The number of aliphatic hydroxyl groups is 1. The average molecular weight is 980 g/mol. The van der Waals surface area contributed by atoms with Crippen molar-refractivity contribution >= 4 is 69.8 Å². The minimum Gasteiger partial charge on any atom is -0.870 e. The fourth-order valence-corrected chi connectivity index (χ4v) is 8.15. The number of halogens is 10. The fourth-order valence-electron chi connectivity index (χ4n) is 7.09. The van der Waals surface area contributed by atoms with Gasteiger partial charge in [-0.05, 0) is 99.5 Å². The number of benzene rings is 4. The van der Waals surface area contributed by atoms with Crippen LogP contribution in [0.5, 0.6) is 0 Å². The number of carboxylic acid groups (broad SMARTS) is 1. The SMILES string of the molecule is CC=C1C(c2ccc(C(=O)O)c(C)c2)=NOC1(c1cc(Cl)cc(Cl)c1)C(F)(F)F.COC(=O)c1ccc(C2=NOC(c3cc(Cl)cc(Cl)c3)(C(F)(F)F)C2C(C)O)cc1C.O.O.[Li+].[OH-]. The number of carbonyl (C=O) groups excluding carboxylic acids is 1. The Hall–Kier alpha value is -4.32. The molecule has 4 aromatic carbocycles. The van der Waals surface area contributed by atoms with Gasteiger partial charge in [-0.3, -0.25) is 0 Å². The van der Waals surface area contributed by atoms with Crippen molar-refractivity contribution in [1.29, 1.82) is 0 Å². The number of aromatic carboxylic acids is 1. The number of ether oxygens (including phenoxy) is 1. The zero-order valence-corrected chi connectivity index (χ0v) is 37.2. The van der Waals surface area contributed by atoms with Crippen molar-refractivity contribution in [3.8, 4) is 0 Å². The number of aryl methyl sites for hydroxylation is 2. The van der Waals surface area contributed by atoms with Crippen LogP contribution in [-0.2, 0) is 25.6 Å². The molecule has 0 saturated carbocycles. The molecule has 4 atom stereocenters. The third-order valence-corrected chi connectivity index (χ3v) is 10.6. The molecule has 0 amide bonds. The van der Waals surface area contributed by atoms with Gasteiger partial charge in [0.1, 0.15) is 5.71 Å². The number of carboxylic acids is 1. The molecule has 7 N–H and O–H groups in total. The predicted octanol–water partition coefficient (Wildman–Crippen LogP) is 6.59. The summed E-state index contributed by atoms with van der Waals surface area (Å²) >= 11 is 23.8. The topological polar surface area (TPSA) is 220 Å². The number of alkyl halides is 6. The van der Waals surface area contributed by atoms with Crippen molar-refractivity contribution in [2.75, 3.05) is 7.11 Å². The van der Waals surface area contributed by atoms with E-state index in [2.05, 4.69) is 10.3 Å². The Morgan fingerprint density at radius 1 is 0.766 bits per heavy atom. The Kier molecular flexibility index (Phi) is 19.6. The molecule has 64 heavy (non-hydrogen) atoms. The molecular formula is C41H37Cl4F6LiN2O10. The first kappa shape index (κ1) is 57.7. The molecule has 4 unspecified atom stereocenters. The zero-order valence-electron chi connectivity index (χ0n) is 34.2. The second-order valence-electron chi connectivity index (χ2n) is 13.6. The maximum absolute atomic E-state index is 14.5. The summed E-state index contributed by atoms with van der Waals surface area (Å²) in [6.07, 6.45) is -10.1. The van der Waals surface area contributed by atoms with Gasteiger partial charge in [0, 0.05) is 47.9 Å². The Morgan fingerprint density at radius 3 is 1.66 bits per heavy atom. The van der Waals surface area contributed by atoms with E-state index in [-0.39, 0.29) is 100 Å². The van der Waals surface area contributed by atoms with Crippen molar-refractivity contribution < 1.29 is 95.8 Å². The van der Waals surface area contributed by atoms with E-state index in [9.17, 15) is 46.1 Å². The van der Waals surface area contributed by atoms with Crippen molar-refractivity contribution in [2.24, 2.45) is 16.2 Å². The van der Waals surface area contributed by atoms with Crippen LogP contribution in [0.1, 0.15) is 67.9 Å². The monoisotopic (exact) mass is 978 g/mol. The number of carbonyl (C=O) groups is 2. The molecule has 2 aliphatic heterocycles. The maximum atomic E-state index is 14.5. The number of aliphatic hydroxyl groups excluding tert-OH is 1. The van der Waals surface area contributed by atoms with E-state index >= 15 is 0 Å². The number of esters is 1. The summed E-state index contributed by atoms with van der Waals surface area (Å²) in [7, 11) is 1.22. The van der Waals surface area contributed by atoms with E-state index in [0.29, 0.717) is 16.7 Å². The molecule has 0 fully saturated rings. The molecule has 0 aromatic heterocycles. The van der Waals surface area contributed by atoms with Crippen LogP contribution in [-0.4, -0.2) is 75.6 Å². The molecule has 0 bridgehead atoms. The van der Waals surface area contributed by atoms with Gasteiger partial charge < -0.3 is 41.1 Å². The summed E-state index contributed by atoms with van der Waals surface area (Å²) in [5.41, 5.74) is -5.34. The molecule has 4 aromatic rings. The van der Waals surface area contributed by atoms with Crippen LogP contribution in [0.4, 0.5) is 26.3 Å². The number of oxime groups is 2. The third kappa shape index (κ3) is 10.7. The van der Waals surface area contributed by atoms with Crippen LogP contribution < -0.4 is 18.9 Å². The summed E-state index contributed by atoms with van der Waals surface area (Å²) in [6, 6.07) is 15.5. The molecule has 342 valence electrons. The molecule has 0 aliphatic carbocycles. The van der Waals surface area contributed by atoms with Gasteiger partial charge in [-0.2, -0.15) is 26.3 Å². The van der Waals surface area contributed by atoms with E-state index in [1.165, 1.54) is 75.6 Å². The number of nitrogens with zero attached hydrogens (tertiary/aromatic N) is 2. The number of hydrogen-bond acceptors (Lipinski definition) is 9. The molecule has 2 heterocycles. The van der Waals surface area contributed by atoms with E-state index in [0.717, 1.165) is 24.3 Å². The van der Waals surface area contributed by atoms with Gasteiger partial charge in [0.05, 0.1) is 36.0 Å². The first-order valence-electron chi connectivity index (χ1n) is 17.4. The Balaban J connectivity index is 0.000000603. The Labute approximate surface area is 393 Å². The van der Waals surface area contributed by atoms with Gasteiger partial charge in [-0.25, -0.2) is 9.59 Å². The third-order valence-electron chi connectivity index (χ3n) is 9.74. The summed E-state index contributed by atoms with van der Waals surface area (Å²) < 4.78 is 91.2. The molecule has 2 aliphatic rings. The Morgan fingerprint density at radius 2 is 1.23 bits per heavy atom. The van der Waals surface area contributed by atoms with Crippen LogP contribution in [0.15, 0.2) is 94.8 Å². The number of hydrogen-bond donors (Lipinski definition) is 2. The minimum absolute atomic E-state index is 0. The predicted molar refractivity (Wildman–Crippen MR) is 222 cm³/mol. The van der Waals surface area contributed by atoms with Gasteiger partial charge >= 0.3 is 43.2 Å². The molecule has 0 spiro atoms. The number of methoxy groups -OCH3 is 1. The van der Waals surface area contributed by atoms with E-state index in [1.54, 1.807) is 13.8 Å². The standard InChI is InChI=1S/C21H18Cl2F3NO4.C20H14Cl2F3NO3.Li.3H2O/c1-10-6-12(4-5-16(10)19(29)30-3)18-17(11(2)28)20(31-27-18,21(24,25)26)13-7-14(22)9-15(23)8-13;1-3-16-17(11-4-5-15(18(27)28)10(2)6-11)26-29-19(16,20(23,24)25)12-7-13(21)9-14(22)8-12;;;;/h4-9,11,17,28H,1-3H3;3-9H,1-2H3,(H,27,28);;3*1H2/q;;+1;;;/p-1. The van der Waals surface area contributed by atoms with Crippen molar-refractivity contribution in [2.45, 2.75) is 57.4 Å². The quantitative estimate of drug-likeness (QED) is 0.117. The van der Waals surface area contributed by atoms with E-state index in [4.69, 9.17) is 60.8 Å². The van der Waals surface area contributed by atoms with Gasteiger partial charge in [0.2, 0.25) is 0 Å². The summed E-state index contributed by atoms with van der Waals surface area (Å²) in [5.74, 6) is -3.35. The summed E-state index contributed by atoms with van der Waals surface area (Å²) in [4.78, 5) is 33.2. The van der Waals surface area contributed by atoms with Gasteiger partial charge in [-0.15, -0.1) is 0 Å². The maximum Gasteiger partial charge on any atom is 1.00 e. The normalized spacial score (nSPS) is 19.9. The van der Waals surface area contributed by atoms with Crippen LogP contribution >= 0.6 is 46.4 Å². The molecule has 0 radical (unpaired) electrons. The fraction of sp³-hybridized carbons (Fsp3) is 0.268. The van der Waals surface area contributed by atoms with Crippen molar-refractivity contribution in [3.05, 3.63) is 149 Å². The van der Waals surface area contributed by atoms with Gasteiger partial charge in [0.25, 0.3) is 11.2 Å². The van der Waals surface area contributed by atoms with E-state index < -0.39 is 47.5 Å². The number of allylic oxidation sites excluding steroid dienone is 1. The molecule has 6 rings (SSSR count). The van der Waals surface area contributed by atoms with Gasteiger partial charge in [-0.1, -0.05) is 74.9 Å². The molecule has 12 nitrogen and oxygen atoms in total. The van der Waals surface area contributed by atoms with Crippen LogP contribution in [0.3, 0.4) is 0 Å².